The van der Waals surface area contributed by atoms with E-state index in [1.165, 1.54) is 0 Å². The van der Waals surface area contributed by atoms with Crippen molar-refractivity contribution in [2.24, 2.45) is 17.2 Å². The van der Waals surface area contributed by atoms with Gasteiger partial charge in [-0.1, -0.05) is 0 Å². The number of carbonyl (C=O) groups is 2. The molecule has 0 saturated carbocycles. The van der Waals surface area contributed by atoms with Crippen LogP contribution in [0.3, 0.4) is 0 Å². The molecule has 3 unspecified atom stereocenters. The van der Waals surface area contributed by atoms with Gasteiger partial charge in [0.2, 0.25) is 11.8 Å². The third-order valence-corrected chi connectivity index (χ3v) is 2.68. The second-order valence-electron chi connectivity index (χ2n) is 2.92. The van der Waals surface area contributed by atoms with Gasteiger partial charge in [0.1, 0.15) is 10.8 Å². The zero-order chi connectivity index (χ0) is 11.3. The van der Waals surface area contributed by atoms with Crippen molar-refractivity contribution < 1.29 is 9.59 Å². The quantitative estimate of drug-likeness (QED) is 0.534. The number of alkyl halides is 2. The largest absolute Gasteiger partial charge is 0.368 e. The summed E-state index contributed by atoms with van der Waals surface area (Å²) in [6.07, 6.45) is 0.586. The van der Waals surface area contributed by atoms with Crippen molar-refractivity contribution >= 4 is 35.0 Å². The van der Waals surface area contributed by atoms with Crippen molar-refractivity contribution in [1.29, 1.82) is 0 Å². The first kappa shape index (κ1) is 13.5. The van der Waals surface area contributed by atoms with Crippen molar-refractivity contribution in [3.8, 4) is 0 Å². The molecule has 2 amide bonds. The molecule has 6 N–H and O–H groups in total. The normalized spacial score (nSPS) is 17.1. The third-order valence-electron chi connectivity index (χ3n) is 1.71. The van der Waals surface area contributed by atoms with E-state index in [0.717, 1.165) is 0 Å². The molecule has 0 aromatic rings. The fourth-order valence-corrected chi connectivity index (χ4v) is 1.09. The molecule has 3 atom stereocenters. The first-order valence-electron chi connectivity index (χ1n) is 3.98. The Balaban J connectivity index is 3.90. The third kappa shape index (κ3) is 4.64. The van der Waals surface area contributed by atoms with E-state index in [0.29, 0.717) is 6.42 Å². The van der Waals surface area contributed by atoms with E-state index in [4.69, 9.17) is 40.4 Å². The highest BCUT2D eigenvalue weighted by Gasteiger charge is 2.22. The second kappa shape index (κ2) is 6.06. The lowest BCUT2D eigenvalue weighted by Gasteiger charge is -2.15. The highest BCUT2D eigenvalue weighted by molar-refractivity contribution is 6.31. The lowest BCUT2D eigenvalue weighted by atomic mass is 10.1. The minimum Gasteiger partial charge on any atom is -0.368 e. The van der Waals surface area contributed by atoms with Crippen LogP contribution in [0.25, 0.3) is 0 Å². The summed E-state index contributed by atoms with van der Waals surface area (Å²) in [6, 6.07) is -0.616. The fraction of sp³-hybridized carbons (Fsp3) is 0.714. The zero-order valence-corrected chi connectivity index (χ0v) is 8.96. The first-order valence-corrected chi connectivity index (χ1v) is 4.86. The van der Waals surface area contributed by atoms with Gasteiger partial charge in [0, 0.05) is 6.04 Å². The van der Waals surface area contributed by atoms with Gasteiger partial charge >= 0.3 is 0 Å². The van der Waals surface area contributed by atoms with Gasteiger partial charge in [-0.2, -0.15) is 0 Å². The number of carbonyl (C=O) groups excluding carboxylic acids is 2. The monoisotopic (exact) mass is 241 g/mol. The van der Waals surface area contributed by atoms with E-state index in [2.05, 4.69) is 0 Å². The predicted molar refractivity (Wildman–Crippen MR) is 54.9 cm³/mol. The second-order valence-corrected chi connectivity index (χ2v) is 3.91. The van der Waals surface area contributed by atoms with Gasteiger partial charge in [0.15, 0.2) is 0 Å². The van der Waals surface area contributed by atoms with Crippen LogP contribution in [0, 0.1) is 0 Å². The summed E-state index contributed by atoms with van der Waals surface area (Å²) in [5, 5.41) is -1.75. The molecule has 0 aliphatic heterocycles. The maximum atomic E-state index is 10.6. The summed E-state index contributed by atoms with van der Waals surface area (Å²) in [5.41, 5.74) is 15.4. The molecule has 0 radical (unpaired) electrons. The van der Waals surface area contributed by atoms with Gasteiger partial charge in [-0.3, -0.25) is 9.59 Å². The molecule has 0 aliphatic rings. The number of amides is 2. The van der Waals surface area contributed by atoms with Crippen molar-refractivity contribution in [3.05, 3.63) is 0 Å². The van der Waals surface area contributed by atoms with Crippen LogP contribution in [0.2, 0.25) is 0 Å². The molecule has 0 aromatic carbocycles. The van der Waals surface area contributed by atoms with Crippen LogP contribution >= 0.6 is 23.2 Å². The average molecular weight is 242 g/mol. The Bertz CT molecular complexity index is 225. The maximum Gasteiger partial charge on any atom is 0.237 e. The Morgan fingerprint density at radius 2 is 1.57 bits per heavy atom. The molecule has 0 heterocycles. The molecule has 0 rings (SSSR count). The Morgan fingerprint density at radius 3 is 1.93 bits per heavy atom. The summed E-state index contributed by atoms with van der Waals surface area (Å²) in [4.78, 5) is 21.1. The van der Waals surface area contributed by atoms with Crippen LogP contribution in [-0.4, -0.2) is 28.6 Å². The van der Waals surface area contributed by atoms with Crippen LogP contribution in [0.5, 0.6) is 0 Å². The van der Waals surface area contributed by atoms with E-state index in [-0.39, 0.29) is 6.42 Å². The summed E-state index contributed by atoms with van der Waals surface area (Å²) < 4.78 is 0. The van der Waals surface area contributed by atoms with E-state index in [9.17, 15) is 9.59 Å². The number of nitrogens with two attached hydrogens (primary N) is 3. The summed E-state index contributed by atoms with van der Waals surface area (Å²) >= 11 is 11.1. The topological polar surface area (TPSA) is 112 Å². The standard InChI is InChI=1S/C7H13Cl2N3O2/c8-3(6(11)13)1-2-4(10)5(9)7(12)14/h3-5H,1-2,10H2,(H2,11,13)(H2,12,14). The zero-order valence-electron chi connectivity index (χ0n) is 7.45. The van der Waals surface area contributed by atoms with Crippen molar-refractivity contribution in [3.63, 3.8) is 0 Å². The van der Waals surface area contributed by atoms with Gasteiger partial charge in [-0.05, 0) is 12.8 Å². The molecule has 14 heavy (non-hydrogen) atoms. The lowest BCUT2D eigenvalue weighted by molar-refractivity contribution is -0.118. The van der Waals surface area contributed by atoms with Crippen LogP contribution in [0.15, 0.2) is 0 Å². The van der Waals surface area contributed by atoms with E-state index in [1.54, 1.807) is 0 Å². The van der Waals surface area contributed by atoms with Crippen LogP contribution in [-0.2, 0) is 9.59 Å². The molecule has 82 valence electrons. The number of primary amides is 2. The summed E-state index contributed by atoms with van der Waals surface area (Å²) in [6.45, 7) is 0. The highest BCUT2D eigenvalue weighted by atomic mass is 35.5. The number of rotatable bonds is 6. The Labute approximate surface area is 91.9 Å². The number of hydrogen-bond acceptors (Lipinski definition) is 3. The molecule has 0 aliphatic carbocycles. The Hall–Kier alpha value is -0.520. The number of hydrogen-bond donors (Lipinski definition) is 3. The Morgan fingerprint density at radius 1 is 1.07 bits per heavy atom. The molecule has 7 heteroatoms. The summed E-state index contributed by atoms with van der Waals surface area (Å²) in [5.74, 6) is -1.31. The van der Waals surface area contributed by atoms with Crippen molar-refractivity contribution in [1.82, 2.24) is 0 Å². The molecular weight excluding hydrogens is 229 g/mol. The highest BCUT2D eigenvalue weighted by Crippen LogP contribution is 2.11. The van der Waals surface area contributed by atoms with Crippen molar-refractivity contribution in [2.45, 2.75) is 29.6 Å². The average Bonchev–Trinajstić information content (AvgIpc) is 2.11. The van der Waals surface area contributed by atoms with Gasteiger partial charge in [-0.15, -0.1) is 23.2 Å². The Kier molecular flexibility index (Phi) is 5.83. The van der Waals surface area contributed by atoms with E-state index < -0.39 is 28.6 Å². The lowest BCUT2D eigenvalue weighted by Crippen LogP contribution is -2.41. The van der Waals surface area contributed by atoms with Crippen LogP contribution < -0.4 is 17.2 Å². The van der Waals surface area contributed by atoms with Gasteiger partial charge in [-0.25, -0.2) is 0 Å². The van der Waals surface area contributed by atoms with Gasteiger partial charge in [0.05, 0.1) is 0 Å². The van der Waals surface area contributed by atoms with E-state index >= 15 is 0 Å². The van der Waals surface area contributed by atoms with Gasteiger partial charge in [0.25, 0.3) is 0 Å². The first-order chi connectivity index (χ1) is 6.36. The summed E-state index contributed by atoms with van der Waals surface area (Å²) in [7, 11) is 0. The smallest absolute Gasteiger partial charge is 0.237 e. The molecule has 5 nitrogen and oxygen atoms in total. The fourth-order valence-electron chi connectivity index (χ4n) is 0.838. The molecule has 0 aromatic heterocycles. The van der Waals surface area contributed by atoms with Crippen LogP contribution in [0.4, 0.5) is 0 Å². The van der Waals surface area contributed by atoms with Gasteiger partial charge < -0.3 is 17.2 Å². The molecule has 0 saturated heterocycles. The minimum atomic E-state index is -0.952. The van der Waals surface area contributed by atoms with Crippen molar-refractivity contribution in [2.75, 3.05) is 0 Å². The molecular formula is C7H13Cl2N3O2. The van der Waals surface area contributed by atoms with E-state index in [1.807, 2.05) is 0 Å². The maximum absolute atomic E-state index is 10.6. The number of halogens is 2. The SMILES string of the molecule is NC(=O)C(Cl)CCC(N)C(Cl)C(N)=O. The molecule has 0 fully saturated rings. The molecule has 0 bridgehead atoms. The van der Waals surface area contributed by atoms with Crippen LogP contribution in [0.1, 0.15) is 12.8 Å². The minimum absolute atomic E-state index is 0.272. The molecule has 0 spiro atoms. The predicted octanol–water partition coefficient (Wildman–Crippen LogP) is -0.721.